The number of methoxy groups -OCH3 is 1. The third-order valence-corrected chi connectivity index (χ3v) is 4.80. The molecule has 3 aromatic rings. The first kappa shape index (κ1) is 20.9. The summed E-state index contributed by atoms with van der Waals surface area (Å²) in [6.45, 7) is 2.44. The van der Waals surface area contributed by atoms with Gasteiger partial charge in [-0.2, -0.15) is 5.10 Å². The molecular formula is C21H18Cl2N2O4. The fraction of sp³-hybridized carbons (Fsp3) is 0.190. The van der Waals surface area contributed by atoms with Crippen LogP contribution in [0.4, 0.5) is 0 Å². The van der Waals surface area contributed by atoms with E-state index in [9.17, 15) is 9.59 Å². The first-order valence-corrected chi connectivity index (χ1v) is 9.55. The molecule has 29 heavy (non-hydrogen) atoms. The Morgan fingerprint density at radius 2 is 1.86 bits per heavy atom. The number of ether oxygens (including phenoxy) is 2. The van der Waals surface area contributed by atoms with Crippen molar-refractivity contribution in [2.75, 3.05) is 13.7 Å². The summed E-state index contributed by atoms with van der Waals surface area (Å²) in [7, 11) is 1.52. The van der Waals surface area contributed by atoms with Gasteiger partial charge in [0, 0.05) is 23.4 Å². The standard InChI is InChI=1S/C21H18Cl2N2O4/c1-3-29-15-10-16(22)20(17(23)11-15)21(27)13-6-7-18(28-2)14(9-13)12-25-19(26)5-4-8-24-25/h4-11H,3,12H2,1-2H3. The van der Waals surface area contributed by atoms with Crippen molar-refractivity contribution in [3.05, 3.63) is 85.8 Å². The second kappa shape index (κ2) is 9.11. The molecule has 0 saturated carbocycles. The molecule has 8 heteroatoms. The van der Waals surface area contributed by atoms with Gasteiger partial charge in [0.2, 0.25) is 0 Å². The van der Waals surface area contributed by atoms with Gasteiger partial charge >= 0.3 is 0 Å². The van der Waals surface area contributed by atoms with Crippen LogP contribution in [0.15, 0.2) is 53.5 Å². The molecule has 0 amide bonds. The van der Waals surface area contributed by atoms with Gasteiger partial charge in [0.25, 0.3) is 5.56 Å². The summed E-state index contributed by atoms with van der Waals surface area (Å²) in [5.74, 6) is 0.673. The number of nitrogens with zero attached hydrogens (tertiary/aromatic N) is 2. The minimum atomic E-state index is -0.347. The molecule has 0 atom stereocenters. The van der Waals surface area contributed by atoms with Crippen LogP contribution in [0.3, 0.4) is 0 Å². The highest BCUT2D eigenvalue weighted by Crippen LogP contribution is 2.33. The van der Waals surface area contributed by atoms with Crippen molar-refractivity contribution in [3.63, 3.8) is 0 Å². The van der Waals surface area contributed by atoms with Gasteiger partial charge in [0.1, 0.15) is 11.5 Å². The lowest BCUT2D eigenvalue weighted by Crippen LogP contribution is -2.22. The van der Waals surface area contributed by atoms with Crippen LogP contribution in [0, 0.1) is 0 Å². The molecule has 0 unspecified atom stereocenters. The van der Waals surface area contributed by atoms with Crippen LogP contribution in [0.25, 0.3) is 0 Å². The van der Waals surface area contributed by atoms with Crippen molar-refractivity contribution in [3.8, 4) is 11.5 Å². The maximum atomic E-state index is 13.1. The van der Waals surface area contributed by atoms with Crippen LogP contribution in [-0.2, 0) is 6.54 Å². The topological polar surface area (TPSA) is 70.4 Å². The Balaban J connectivity index is 2.00. The summed E-state index contributed by atoms with van der Waals surface area (Å²) >= 11 is 12.6. The van der Waals surface area contributed by atoms with E-state index < -0.39 is 0 Å². The third kappa shape index (κ3) is 4.60. The molecule has 6 nitrogen and oxygen atoms in total. The molecule has 1 aromatic heterocycles. The number of hydrogen-bond acceptors (Lipinski definition) is 5. The Labute approximate surface area is 177 Å². The molecule has 1 heterocycles. The van der Waals surface area contributed by atoms with Crippen LogP contribution in [0.1, 0.15) is 28.4 Å². The summed E-state index contributed by atoms with van der Waals surface area (Å²) in [4.78, 5) is 25.1. The zero-order valence-electron chi connectivity index (χ0n) is 15.8. The minimum Gasteiger partial charge on any atom is -0.496 e. The summed E-state index contributed by atoms with van der Waals surface area (Å²) in [5, 5.41) is 4.44. The third-order valence-electron chi connectivity index (χ3n) is 4.20. The highest BCUT2D eigenvalue weighted by molar-refractivity contribution is 6.41. The number of carbonyl (C=O) groups excluding carboxylic acids is 1. The van der Waals surface area contributed by atoms with Crippen molar-refractivity contribution in [2.45, 2.75) is 13.5 Å². The van der Waals surface area contributed by atoms with Gasteiger partial charge in [-0.25, -0.2) is 4.68 Å². The largest absolute Gasteiger partial charge is 0.496 e. The first-order chi connectivity index (χ1) is 13.9. The maximum absolute atomic E-state index is 13.1. The second-order valence-corrected chi connectivity index (χ2v) is 6.88. The van der Waals surface area contributed by atoms with Crippen LogP contribution < -0.4 is 15.0 Å². The summed E-state index contributed by atoms with van der Waals surface area (Å²) in [6.07, 6.45) is 1.52. The van der Waals surface area contributed by atoms with Crippen molar-refractivity contribution in [2.24, 2.45) is 0 Å². The van der Waals surface area contributed by atoms with Crippen LogP contribution in [0.5, 0.6) is 11.5 Å². The number of ketones is 1. The predicted molar refractivity (Wildman–Crippen MR) is 112 cm³/mol. The molecule has 0 saturated heterocycles. The van der Waals surface area contributed by atoms with Gasteiger partial charge in [-0.1, -0.05) is 23.2 Å². The molecule has 0 radical (unpaired) electrons. The SMILES string of the molecule is CCOc1cc(Cl)c(C(=O)c2ccc(OC)c(Cn3ncccc3=O)c2)c(Cl)c1. The van der Waals surface area contributed by atoms with E-state index in [1.807, 2.05) is 6.92 Å². The summed E-state index contributed by atoms with van der Waals surface area (Å²) < 4.78 is 12.0. The number of halogens is 2. The van der Waals surface area contributed by atoms with E-state index in [-0.39, 0.29) is 33.5 Å². The zero-order valence-corrected chi connectivity index (χ0v) is 17.3. The number of aromatic nitrogens is 2. The first-order valence-electron chi connectivity index (χ1n) is 8.80. The molecule has 2 aromatic carbocycles. The molecule has 0 N–H and O–H groups in total. The van der Waals surface area contributed by atoms with Crippen molar-refractivity contribution in [1.29, 1.82) is 0 Å². The van der Waals surface area contributed by atoms with Crippen molar-refractivity contribution >= 4 is 29.0 Å². The van der Waals surface area contributed by atoms with Gasteiger partial charge in [0.05, 0.1) is 35.9 Å². The Kier molecular flexibility index (Phi) is 6.56. The van der Waals surface area contributed by atoms with Gasteiger partial charge in [0.15, 0.2) is 5.78 Å². The summed E-state index contributed by atoms with van der Waals surface area (Å²) in [6, 6.07) is 11.0. The average molecular weight is 433 g/mol. The minimum absolute atomic E-state index is 0.148. The number of benzene rings is 2. The fourth-order valence-corrected chi connectivity index (χ4v) is 3.51. The van der Waals surface area contributed by atoms with E-state index in [0.717, 1.165) is 0 Å². The molecular weight excluding hydrogens is 415 g/mol. The Morgan fingerprint density at radius 1 is 1.14 bits per heavy atom. The highest BCUT2D eigenvalue weighted by Gasteiger charge is 2.20. The van der Waals surface area contributed by atoms with Crippen LogP contribution in [0.2, 0.25) is 10.0 Å². The van der Waals surface area contributed by atoms with E-state index >= 15 is 0 Å². The molecule has 0 bridgehead atoms. The van der Waals surface area contributed by atoms with E-state index in [0.29, 0.717) is 29.2 Å². The lowest BCUT2D eigenvalue weighted by molar-refractivity contribution is 0.103. The van der Waals surface area contributed by atoms with Crippen LogP contribution in [-0.4, -0.2) is 29.3 Å². The average Bonchev–Trinajstić information content (AvgIpc) is 2.69. The van der Waals surface area contributed by atoms with E-state index in [1.165, 1.54) is 24.1 Å². The molecule has 0 spiro atoms. The maximum Gasteiger partial charge on any atom is 0.267 e. The Morgan fingerprint density at radius 3 is 2.48 bits per heavy atom. The van der Waals surface area contributed by atoms with Gasteiger partial charge in [-0.05, 0) is 43.3 Å². The summed E-state index contributed by atoms with van der Waals surface area (Å²) in [5.41, 5.74) is 0.905. The monoisotopic (exact) mass is 432 g/mol. The smallest absolute Gasteiger partial charge is 0.267 e. The molecule has 3 rings (SSSR count). The predicted octanol–water partition coefficient (Wildman–Crippen LogP) is 4.24. The quantitative estimate of drug-likeness (QED) is 0.522. The lowest BCUT2D eigenvalue weighted by atomic mass is 10.00. The zero-order chi connectivity index (χ0) is 21.0. The molecule has 0 aliphatic heterocycles. The van der Waals surface area contributed by atoms with Crippen molar-refractivity contribution in [1.82, 2.24) is 9.78 Å². The second-order valence-electron chi connectivity index (χ2n) is 6.07. The lowest BCUT2D eigenvalue weighted by Gasteiger charge is -2.13. The van der Waals surface area contributed by atoms with Gasteiger partial charge < -0.3 is 9.47 Å². The van der Waals surface area contributed by atoms with E-state index in [4.69, 9.17) is 32.7 Å². The van der Waals surface area contributed by atoms with E-state index in [1.54, 1.807) is 36.4 Å². The molecule has 0 aliphatic rings. The van der Waals surface area contributed by atoms with Gasteiger partial charge in [-0.15, -0.1) is 0 Å². The fourth-order valence-electron chi connectivity index (χ4n) is 2.87. The van der Waals surface area contributed by atoms with Gasteiger partial charge in [-0.3, -0.25) is 9.59 Å². The Bertz CT molecular complexity index is 1090. The molecule has 150 valence electrons. The number of hydrogen-bond donors (Lipinski definition) is 0. The highest BCUT2D eigenvalue weighted by atomic mass is 35.5. The molecule has 0 aliphatic carbocycles. The van der Waals surface area contributed by atoms with Crippen LogP contribution >= 0.6 is 23.2 Å². The van der Waals surface area contributed by atoms with E-state index in [2.05, 4.69) is 5.10 Å². The Hall–Kier alpha value is -2.83. The number of carbonyl (C=O) groups is 1. The normalized spacial score (nSPS) is 10.6. The molecule has 0 fully saturated rings. The number of rotatable bonds is 7. The van der Waals surface area contributed by atoms with Crippen molar-refractivity contribution < 1.29 is 14.3 Å².